The number of hydrogen-bond acceptors (Lipinski definition) is 3. The minimum absolute atomic E-state index is 0.250. The molecule has 1 unspecified atom stereocenters. The van der Waals surface area contributed by atoms with Crippen molar-refractivity contribution >= 4 is 11.3 Å². The maximum absolute atomic E-state index is 5.45. The zero-order valence-electron chi connectivity index (χ0n) is 12.7. The van der Waals surface area contributed by atoms with Crippen molar-refractivity contribution in [3.05, 3.63) is 51.2 Å². The summed E-state index contributed by atoms with van der Waals surface area (Å²) in [7, 11) is 1.73. The molecule has 0 fully saturated rings. The minimum atomic E-state index is 0.250. The van der Waals surface area contributed by atoms with Gasteiger partial charge in [0.1, 0.15) is 5.75 Å². The number of thiophene rings is 1. The Morgan fingerprint density at radius 1 is 1.20 bits per heavy atom. The molecule has 1 aromatic carbocycles. The van der Waals surface area contributed by atoms with Gasteiger partial charge < -0.3 is 10.1 Å². The molecule has 0 aliphatic heterocycles. The van der Waals surface area contributed by atoms with E-state index in [9.17, 15) is 0 Å². The molecular weight excluding hydrogens is 266 g/mol. The fraction of sp³-hybridized carbons (Fsp3) is 0.412. The second-order valence-electron chi connectivity index (χ2n) is 4.88. The monoisotopic (exact) mass is 289 g/mol. The Labute approximate surface area is 125 Å². The Morgan fingerprint density at radius 3 is 2.60 bits per heavy atom. The molecule has 0 amide bonds. The fourth-order valence-corrected chi connectivity index (χ4v) is 3.40. The normalized spacial score (nSPS) is 12.4. The van der Waals surface area contributed by atoms with E-state index >= 15 is 0 Å². The number of hydrogen-bond donors (Lipinski definition) is 1. The van der Waals surface area contributed by atoms with E-state index in [0.29, 0.717) is 0 Å². The second-order valence-corrected chi connectivity index (χ2v) is 6.08. The van der Waals surface area contributed by atoms with Crippen LogP contribution in [0.5, 0.6) is 5.75 Å². The van der Waals surface area contributed by atoms with Gasteiger partial charge in [-0.15, -0.1) is 11.3 Å². The SMILES string of the molecule is CCNC(c1ccc(C)c(OC)c1)c1ccc(CC)s1. The molecule has 0 aliphatic rings. The summed E-state index contributed by atoms with van der Waals surface area (Å²) in [6, 6.07) is 11.2. The second kappa shape index (κ2) is 6.91. The number of ether oxygens (including phenoxy) is 1. The molecule has 2 rings (SSSR count). The van der Waals surface area contributed by atoms with Crippen molar-refractivity contribution < 1.29 is 4.74 Å². The van der Waals surface area contributed by atoms with Gasteiger partial charge in [0.05, 0.1) is 13.2 Å². The first-order valence-electron chi connectivity index (χ1n) is 7.16. The molecular formula is C17H23NOS. The lowest BCUT2D eigenvalue weighted by molar-refractivity contribution is 0.410. The molecule has 0 saturated carbocycles. The molecule has 1 N–H and O–H groups in total. The predicted molar refractivity (Wildman–Crippen MR) is 86.9 cm³/mol. The lowest BCUT2D eigenvalue weighted by Gasteiger charge is -2.18. The van der Waals surface area contributed by atoms with Gasteiger partial charge in [-0.25, -0.2) is 0 Å². The van der Waals surface area contributed by atoms with Crippen LogP contribution in [0.15, 0.2) is 30.3 Å². The smallest absolute Gasteiger partial charge is 0.122 e. The molecule has 2 aromatic rings. The Hall–Kier alpha value is -1.32. The van der Waals surface area contributed by atoms with Crippen LogP contribution in [-0.2, 0) is 6.42 Å². The zero-order valence-corrected chi connectivity index (χ0v) is 13.5. The molecule has 20 heavy (non-hydrogen) atoms. The summed E-state index contributed by atoms with van der Waals surface area (Å²) in [5, 5.41) is 3.58. The third-order valence-corrected chi connectivity index (χ3v) is 4.78. The van der Waals surface area contributed by atoms with Crippen LogP contribution >= 0.6 is 11.3 Å². The molecule has 1 aromatic heterocycles. The summed E-state index contributed by atoms with van der Waals surface area (Å²) >= 11 is 1.89. The Balaban J connectivity index is 2.37. The zero-order chi connectivity index (χ0) is 14.5. The van der Waals surface area contributed by atoms with E-state index in [1.807, 2.05) is 11.3 Å². The third kappa shape index (κ3) is 3.22. The van der Waals surface area contributed by atoms with Gasteiger partial charge in [0.15, 0.2) is 0 Å². The van der Waals surface area contributed by atoms with Crippen LogP contribution in [0.3, 0.4) is 0 Å². The summed E-state index contributed by atoms with van der Waals surface area (Å²) in [4.78, 5) is 2.80. The van der Waals surface area contributed by atoms with Gasteiger partial charge in [0, 0.05) is 9.75 Å². The summed E-state index contributed by atoms with van der Waals surface area (Å²) in [5.41, 5.74) is 2.44. The van der Waals surface area contributed by atoms with E-state index in [1.165, 1.54) is 20.9 Å². The van der Waals surface area contributed by atoms with Crippen LogP contribution < -0.4 is 10.1 Å². The largest absolute Gasteiger partial charge is 0.496 e. The van der Waals surface area contributed by atoms with Gasteiger partial charge in [-0.2, -0.15) is 0 Å². The highest BCUT2D eigenvalue weighted by molar-refractivity contribution is 7.12. The highest BCUT2D eigenvalue weighted by Gasteiger charge is 2.16. The van der Waals surface area contributed by atoms with Gasteiger partial charge in [-0.3, -0.25) is 0 Å². The Morgan fingerprint density at radius 2 is 2.00 bits per heavy atom. The fourth-order valence-electron chi connectivity index (χ4n) is 2.34. The summed E-state index contributed by atoms with van der Waals surface area (Å²) in [6.45, 7) is 7.37. The predicted octanol–water partition coefficient (Wildman–Crippen LogP) is 4.33. The number of nitrogens with one attached hydrogen (secondary N) is 1. The van der Waals surface area contributed by atoms with Crippen molar-refractivity contribution in [1.29, 1.82) is 0 Å². The van der Waals surface area contributed by atoms with Crippen molar-refractivity contribution in [3.8, 4) is 5.75 Å². The van der Waals surface area contributed by atoms with E-state index < -0.39 is 0 Å². The molecule has 108 valence electrons. The van der Waals surface area contributed by atoms with Crippen molar-refractivity contribution in [2.24, 2.45) is 0 Å². The number of aryl methyl sites for hydroxylation is 2. The topological polar surface area (TPSA) is 21.3 Å². The molecule has 0 saturated heterocycles. The van der Waals surface area contributed by atoms with Gasteiger partial charge in [-0.1, -0.05) is 26.0 Å². The van der Waals surface area contributed by atoms with Crippen LogP contribution in [0, 0.1) is 6.92 Å². The molecule has 1 heterocycles. The maximum Gasteiger partial charge on any atom is 0.122 e. The quantitative estimate of drug-likeness (QED) is 0.855. The van der Waals surface area contributed by atoms with Crippen molar-refractivity contribution in [3.63, 3.8) is 0 Å². The lowest BCUT2D eigenvalue weighted by Crippen LogP contribution is -2.21. The van der Waals surface area contributed by atoms with Crippen LogP contribution in [-0.4, -0.2) is 13.7 Å². The maximum atomic E-state index is 5.45. The highest BCUT2D eigenvalue weighted by atomic mass is 32.1. The minimum Gasteiger partial charge on any atom is -0.496 e. The molecule has 3 heteroatoms. The van der Waals surface area contributed by atoms with Crippen molar-refractivity contribution in [2.75, 3.05) is 13.7 Å². The molecule has 0 spiro atoms. The van der Waals surface area contributed by atoms with Crippen molar-refractivity contribution in [2.45, 2.75) is 33.2 Å². The Bertz CT molecular complexity index is 562. The Kier molecular flexibility index (Phi) is 5.21. The molecule has 0 radical (unpaired) electrons. The van der Waals surface area contributed by atoms with Crippen LogP contribution in [0.1, 0.15) is 40.8 Å². The lowest BCUT2D eigenvalue weighted by atomic mass is 10.0. The van der Waals surface area contributed by atoms with E-state index in [1.54, 1.807) is 7.11 Å². The number of methoxy groups -OCH3 is 1. The van der Waals surface area contributed by atoms with Crippen LogP contribution in [0.25, 0.3) is 0 Å². The number of benzene rings is 1. The first-order valence-corrected chi connectivity index (χ1v) is 7.97. The van der Waals surface area contributed by atoms with E-state index in [2.05, 4.69) is 56.4 Å². The standard InChI is InChI=1S/C17H23NOS/c1-5-14-9-10-16(20-14)17(18-6-2)13-8-7-12(3)15(11-13)19-4/h7-11,17-18H,5-6H2,1-4H3. The average Bonchev–Trinajstić information content (AvgIpc) is 2.94. The summed E-state index contributed by atoms with van der Waals surface area (Å²) in [5.74, 6) is 0.956. The first-order chi connectivity index (χ1) is 9.69. The van der Waals surface area contributed by atoms with E-state index in [-0.39, 0.29) is 6.04 Å². The van der Waals surface area contributed by atoms with Gasteiger partial charge in [-0.05, 0) is 49.2 Å². The van der Waals surface area contributed by atoms with Crippen LogP contribution in [0.2, 0.25) is 0 Å². The summed E-state index contributed by atoms with van der Waals surface area (Å²) in [6.07, 6.45) is 1.10. The van der Waals surface area contributed by atoms with Crippen LogP contribution in [0.4, 0.5) is 0 Å². The molecule has 1 atom stereocenters. The first kappa shape index (κ1) is 15.1. The molecule has 2 nitrogen and oxygen atoms in total. The van der Waals surface area contributed by atoms with Crippen molar-refractivity contribution in [1.82, 2.24) is 5.32 Å². The average molecular weight is 289 g/mol. The highest BCUT2D eigenvalue weighted by Crippen LogP contribution is 2.31. The summed E-state index contributed by atoms with van der Waals surface area (Å²) < 4.78 is 5.45. The number of rotatable bonds is 6. The molecule has 0 bridgehead atoms. The molecule has 0 aliphatic carbocycles. The van der Waals surface area contributed by atoms with Gasteiger partial charge in [0.2, 0.25) is 0 Å². The third-order valence-electron chi connectivity index (χ3n) is 3.49. The van der Waals surface area contributed by atoms with Gasteiger partial charge in [0.25, 0.3) is 0 Å². The van der Waals surface area contributed by atoms with E-state index in [0.717, 1.165) is 18.7 Å². The van der Waals surface area contributed by atoms with E-state index in [4.69, 9.17) is 4.74 Å². The van der Waals surface area contributed by atoms with Gasteiger partial charge >= 0.3 is 0 Å².